The molecule has 0 aliphatic carbocycles. The molecule has 0 amide bonds. The van der Waals surface area contributed by atoms with Crippen LogP contribution in [0.25, 0.3) is 0 Å². The van der Waals surface area contributed by atoms with Crippen LogP contribution in [0, 0.1) is 0 Å². The fourth-order valence-electron chi connectivity index (χ4n) is 2.32. The molecule has 3 atom stereocenters. The SMILES string of the molecule is C1CC2OC(N1)C2N1CCOC1. The van der Waals surface area contributed by atoms with Crippen LogP contribution in [0.3, 0.4) is 0 Å². The van der Waals surface area contributed by atoms with Gasteiger partial charge in [-0.3, -0.25) is 10.2 Å². The molecule has 4 fully saturated rings. The third-order valence-corrected chi connectivity index (χ3v) is 2.99. The lowest BCUT2D eigenvalue weighted by Crippen LogP contribution is -2.71. The van der Waals surface area contributed by atoms with Gasteiger partial charge in [-0.25, -0.2) is 0 Å². The molecule has 4 heteroatoms. The van der Waals surface area contributed by atoms with Crippen LogP contribution in [0.5, 0.6) is 0 Å². The molecule has 0 radical (unpaired) electrons. The minimum Gasteiger partial charge on any atom is -0.365 e. The average molecular weight is 170 g/mol. The van der Waals surface area contributed by atoms with Crippen LogP contribution >= 0.6 is 0 Å². The Hall–Kier alpha value is -0.160. The molecule has 4 aliphatic heterocycles. The zero-order valence-corrected chi connectivity index (χ0v) is 7.03. The van der Waals surface area contributed by atoms with Crippen LogP contribution in [-0.4, -0.2) is 49.7 Å². The van der Waals surface area contributed by atoms with Crippen molar-refractivity contribution < 1.29 is 9.47 Å². The molecule has 0 saturated carbocycles. The van der Waals surface area contributed by atoms with Gasteiger partial charge in [0.1, 0.15) is 6.23 Å². The van der Waals surface area contributed by atoms with Crippen molar-refractivity contribution in [1.29, 1.82) is 0 Å². The van der Waals surface area contributed by atoms with Gasteiger partial charge in [-0.15, -0.1) is 0 Å². The molecule has 0 spiro atoms. The molecule has 2 bridgehead atoms. The molecule has 1 N–H and O–H groups in total. The summed E-state index contributed by atoms with van der Waals surface area (Å²) >= 11 is 0. The lowest BCUT2D eigenvalue weighted by molar-refractivity contribution is -0.231. The van der Waals surface area contributed by atoms with Crippen LogP contribution in [0.15, 0.2) is 0 Å². The van der Waals surface area contributed by atoms with Crippen molar-refractivity contribution in [2.45, 2.75) is 24.8 Å². The Morgan fingerprint density at radius 2 is 2.42 bits per heavy atom. The summed E-state index contributed by atoms with van der Waals surface area (Å²) < 4.78 is 10.9. The van der Waals surface area contributed by atoms with E-state index < -0.39 is 0 Å². The van der Waals surface area contributed by atoms with Gasteiger partial charge in [0, 0.05) is 13.1 Å². The first-order chi connectivity index (χ1) is 5.95. The van der Waals surface area contributed by atoms with Crippen molar-refractivity contribution >= 4 is 0 Å². The Labute approximate surface area is 71.8 Å². The fraction of sp³-hybridized carbons (Fsp3) is 1.00. The molecule has 4 aliphatic rings. The lowest BCUT2D eigenvalue weighted by atomic mass is 9.94. The molecular weight excluding hydrogens is 156 g/mol. The Morgan fingerprint density at radius 1 is 1.42 bits per heavy atom. The van der Waals surface area contributed by atoms with E-state index in [2.05, 4.69) is 10.2 Å². The van der Waals surface area contributed by atoms with E-state index in [4.69, 9.17) is 9.47 Å². The first kappa shape index (κ1) is 7.26. The van der Waals surface area contributed by atoms with Crippen molar-refractivity contribution in [1.82, 2.24) is 10.2 Å². The van der Waals surface area contributed by atoms with Crippen molar-refractivity contribution in [3.05, 3.63) is 0 Å². The maximum atomic E-state index is 5.59. The molecular formula is C8H14N2O2. The van der Waals surface area contributed by atoms with E-state index in [1.807, 2.05) is 0 Å². The zero-order valence-electron chi connectivity index (χ0n) is 7.03. The topological polar surface area (TPSA) is 33.7 Å². The monoisotopic (exact) mass is 170 g/mol. The molecule has 12 heavy (non-hydrogen) atoms. The highest BCUT2D eigenvalue weighted by molar-refractivity contribution is 4.98. The zero-order chi connectivity index (χ0) is 7.97. The van der Waals surface area contributed by atoms with Gasteiger partial charge in [-0.05, 0) is 6.42 Å². The maximum absolute atomic E-state index is 5.59. The number of nitrogens with zero attached hydrogens (tertiary/aromatic N) is 1. The third kappa shape index (κ3) is 0.925. The Balaban J connectivity index is 1.68. The summed E-state index contributed by atoms with van der Waals surface area (Å²) in [6.45, 7) is 3.86. The molecule has 0 aromatic carbocycles. The van der Waals surface area contributed by atoms with Crippen LogP contribution in [0.4, 0.5) is 0 Å². The fourth-order valence-corrected chi connectivity index (χ4v) is 2.32. The van der Waals surface area contributed by atoms with E-state index in [0.717, 1.165) is 32.8 Å². The van der Waals surface area contributed by atoms with E-state index in [0.29, 0.717) is 12.1 Å². The summed E-state index contributed by atoms with van der Waals surface area (Å²) in [4.78, 5) is 2.38. The van der Waals surface area contributed by atoms with Gasteiger partial charge in [0.2, 0.25) is 0 Å². The van der Waals surface area contributed by atoms with Crippen LogP contribution in [0.1, 0.15) is 6.42 Å². The lowest BCUT2D eigenvalue weighted by Gasteiger charge is -2.52. The summed E-state index contributed by atoms with van der Waals surface area (Å²) in [5, 5.41) is 3.36. The number of fused-ring (bicyclic) bond motifs is 2. The van der Waals surface area contributed by atoms with Crippen molar-refractivity contribution in [3.63, 3.8) is 0 Å². The summed E-state index contributed by atoms with van der Waals surface area (Å²) in [7, 11) is 0. The van der Waals surface area contributed by atoms with Gasteiger partial charge in [-0.1, -0.05) is 0 Å². The third-order valence-electron chi connectivity index (χ3n) is 2.99. The smallest absolute Gasteiger partial charge is 0.126 e. The van der Waals surface area contributed by atoms with Crippen LogP contribution < -0.4 is 5.32 Å². The summed E-state index contributed by atoms with van der Waals surface area (Å²) in [5.74, 6) is 0. The minimum atomic E-state index is 0.283. The second-order valence-corrected chi connectivity index (χ2v) is 3.68. The standard InChI is InChI=1S/C8H14N2O2/c1-2-9-8-7(6(1)12-8)10-3-4-11-5-10/h6-9H,1-5H2. The quantitative estimate of drug-likeness (QED) is 0.567. The summed E-state index contributed by atoms with van der Waals surface area (Å²) in [6, 6.07) is 0.584. The highest BCUT2D eigenvalue weighted by atomic mass is 16.5. The van der Waals surface area contributed by atoms with Crippen molar-refractivity contribution in [3.8, 4) is 0 Å². The molecule has 0 aromatic rings. The van der Waals surface area contributed by atoms with Gasteiger partial charge < -0.3 is 9.47 Å². The predicted molar refractivity (Wildman–Crippen MR) is 42.6 cm³/mol. The van der Waals surface area contributed by atoms with Crippen molar-refractivity contribution in [2.24, 2.45) is 0 Å². The number of hydrogen-bond donors (Lipinski definition) is 1. The highest BCUT2D eigenvalue weighted by Crippen LogP contribution is 2.31. The summed E-state index contributed by atoms with van der Waals surface area (Å²) in [6.07, 6.45) is 1.90. The first-order valence-corrected chi connectivity index (χ1v) is 4.66. The molecule has 4 rings (SSSR count). The van der Waals surface area contributed by atoms with Crippen LogP contribution in [0.2, 0.25) is 0 Å². The van der Waals surface area contributed by atoms with Crippen LogP contribution in [-0.2, 0) is 9.47 Å². The molecule has 4 heterocycles. The van der Waals surface area contributed by atoms with Gasteiger partial charge in [0.05, 0.1) is 25.5 Å². The molecule has 0 aromatic heterocycles. The average Bonchev–Trinajstić information content (AvgIpc) is 2.58. The number of nitrogens with one attached hydrogen (secondary N) is 1. The van der Waals surface area contributed by atoms with Gasteiger partial charge in [-0.2, -0.15) is 0 Å². The Kier molecular flexibility index (Phi) is 1.61. The second kappa shape index (κ2) is 2.67. The molecule has 68 valence electrons. The molecule has 4 saturated heterocycles. The maximum Gasteiger partial charge on any atom is 0.126 e. The van der Waals surface area contributed by atoms with E-state index in [1.165, 1.54) is 0 Å². The summed E-state index contributed by atoms with van der Waals surface area (Å²) in [5.41, 5.74) is 0. The van der Waals surface area contributed by atoms with Crippen molar-refractivity contribution in [2.75, 3.05) is 26.4 Å². The largest absolute Gasteiger partial charge is 0.365 e. The van der Waals surface area contributed by atoms with Gasteiger partial charge >= 0.3 is 0 Å². The molecule has 4 nitrogen and oxygen atoms in total. The number of piperidine rings is 1. The number of ether oxygens (including phenoxy) is 2. The normalized spacial score (nSPS) is 47.5. The Bertz CT molecular complexity index is 168. The van der Waals surface area contributed by atoms with Gasteiger partial charge in [0.15, 0.2) is 0 Å². The predicted octanol–water partition coefficient (Wildman–Crippen LogP) is -0.637. The van der Waals surface area contributed by atoms with E-state index in [9.17, 15) is 0 Å². The van der Waals surface area contributed by atoms with E-state index in [-0.39, 0.29) is 6.23 Å². The van der Waals surface area contributed by atoms with E-state index in [1.54, 1.807) is 0 Å². The number of rotatable bonds is 1. The van der Waals surface area contributed by atoms with E-state index >= 15 is 0 Å². The first-order valence-electron chi connectivity index (χ1n) is 4.66. The molecule has 3 unspecified atom stereocenters. The second-order valence-electron chi connectivity index (χ2n) is 3.68. The minimum absolute atomic E-state index is 0.283. The Morgan fingerprint density at radius 3 is 3.00 bits per heavy atom. The number of hydrogen-bond acceptors (Lipinski definition) is 4. The van der Waals surface area contributed by atoms with Gasteiger partial charge in [0.25, 0.3) is 0 Å². The highest BCUT2D eigenvalue weighted by Gasteiger charge is 2.48.